The fourth-order valence-corrected chi connectivity index (χ4v) is 7.73. The second-order valence-corrected chi connectivity index (χ2v) is 9.95. The van der Waals surface area contributed by atoms with Crippen molar-refractivity contribution in [2.75, 3.05) is 0 Å². The fourth-order valence-electron chi connectivity index (χ4n) is 7.73. The van der Waals surface area contributed by atoms with Crippen molar-refractivity contribution < 1.29 is 9.50 Å². The van der Waals surface area contributed by atoms with Gasteiger partial charge < -0.3 is 5.11 Å². The Hall–Kier alpha value is -1.22. The molecule has 0 spiro atoms. The van der Waals surface area contributed by atoms with Gasteiger partial charge in [0, 0.05) is 6.20 Å². The highest BCUT2D eigenvalue weighted by Gasteiger charge is 2.59. The molecule has 3 saturated carbocycles. The van der Waals surface area contributed by atoms with Gasteiger partial charge in [-0.05, 0) is 96.7 Å². The molecule has 0 amide bonds. The minimum atomic E-state index is -0.239. The summed E-state index contributed by atoms with van der Waals surface area (Å²) in [6.07, 6.45) is 13.6. The Bertz CT molecular complexity index is 760. The first kappa shape index (κ1) is 16.9. The zero-order valence-electron chi connectivity index (χ0n) is 15.9. The monoisotopic (exact) mass is 355 g/mol. The summed E-state index contributed by atoms with van der Waals surface area (Å²) in [4.78, 5) is 4.10. The van der Waals surface area contributed by atoms with E-state index in [0.717, 1.165) is 36.7 Å². The van der Waals surface area contributed by atoms with E-state index >= 15 is 0 Å². The maximum Gasteiger partial charge on any atom is 0.142 e. The summed E-state index contributed by atoms with van der Waals surface area (Å²) in [6, 6.07) is 1.66. The lowest BCUT2D eigenvalue weighted by Crippen LogP contribution is -2.49. The van der Waals surface area contributed by atoms with Crippen LogP contribution in [0.3, 0.4) is 0 Å². The molecule has 1 aromatic heterocycles. The van der Waals surface area contributed by atoms with E-state index < -0.39 is 0 Å². The Kier molecular flexibility index (Phi) is 3.67. The van der Waals surface area contributed by atoms with Crippen LogP contribution in [0.25, 0.3) is 5.57 Å². The number of aromatic nitrogens is 1. The van der Waals surface area contributed by atoms with Gasteiger partial charge in [0.25, 0.3) is 0 Å². The van der Waals surface area contributed by atoms with Gasteiger partial charge in [-0.2, -0.15) is 0 Å². The van der Waals surface area contributed by atoms with Crippen molar-refractivity contribution >= 4 is 5.57 Å². The van der Waals surface area contributed by atoms with Gasteiger partial charge in [-0.25, -0.2) is 4.39 Å². The number of rotatable bonds is 1. The van der Waals surface area contributed by atoms with Gasteiger partial charge in [0.05, 0.1) is 12.3 Å². The summed E-state index contributed by atoms with van der Waals surface area (Å²) in [7, 11) is 0. The molecular formula is C23H30FNO. The maximum atomic E-state index is 13.8. The van der Waals surface area contributed by atoms with Gasteiger partial charge >= 0.3 is 0 Å². The van der Waals surface area contributed by atoms with Crippen LogP contribution in [0, 0.1) is 40.3 Å². The molecule has 4 aliphatic rings. The Morgan fingerprint density at radius 2 is 2.00 bits per heavy atom. The van der Waals surface area contributed by atoms with Crippen molar-refractivity contribution in [2.24, 2.45) is 34.5 Å². The number of aliphatic hydroxyl groups is 1. The van der Waals surface area contributed by atoms with Crippen LogP contribution in [-0.4, -0.2) is 16.2 Å². The lowest BCUT2D eigenvalue weighted by Gasteiger charge is -2.57. The van der Waals surface area contributed by atoms with Crippen molar-refractivity contribution in [3.05, 3.63) is 35.9 Å². The summed E-state index contributed by atoms with van der Waals surface area (Å²) in [5, 5.41) is 10.3. The van der Waals surface area contributed by atoms with E-state index in [1.807, 2.05) is 6.20 Å². The second kappa shape index (κ2) is 5.64. The van der Waals surface area contributed by atoms with E-state index in [1.165, 1.54) is 37.5 Å². The average molecular weight is 355 g/mol. The number of nitrogens with zero attached hydrogens (tertiary/aromatic N) is 1. The largest absolute Gasteiger partial charge is 0.393 e. The van der Waals surface area contributed by atoms with E-state index in [4.69, 9.17) is 0 Å². The molecule has 0 bridgehead atoms. The lowest BCUT2D eigenvalue weighted by atomic mass is 9.47. The molecular weight excluding hydrogens is 325 g/mol. The predicted molar refractivity (Wildman–Crippen MR) is 101 cm³/mol. The van der Waals surface area contributed by atoms with Gasteiger partial charge in [0.1, 0.15) is 5.82 Å². The predicted octanol–water partition coefficient (Wildman–Crippen LogP) is 5.23. The molecule has 0 aliphatic heterocycles. The Labute approximate surface area is 155 Å². The second-order valence-electron chi connectivity index (χ2n) is 9.95. The van der Waals surface area contributed by atoms with Gasteiger partial charge in [0.2, 0.25) is 0 Å². The van der Waals surface area contributed by atoms with Crippen LogP contribution in [0.5, 0.6) is 0 Å². The van der Waals surface area contributed by atoms with Crippen molar-refractivity contribution in [3.8, 4) is 0 Å². The quantitative estimate of drug-likeness (QED) is 0.748. The van der Waals surface area contributed by atoms with Crippen LogP contribution in [0.4, 0.5) is 4.39 Å². The summed E-state index contributed by atoms with van der Waals surface area (Å²) in [5.74, 6) is 2.63. The molecule has 7 unspecified atom stereocenters. The van der Waals surface area contributed by atoms with Gasteiger partial charge in [-0.3, -0.25) is 4.98 Å². The Balaban J connectivity index is 1.46. The van der Waals surface area contributed by atoms with E-state index in [9.17, 15) is 9.50 Å². The zero-order chi connectivity index (χ0) is 18.1. The number of aliphatic hydroxyl groups excluding tert-OH is 1. The highest BCUT2D eigenvalue weighted by molar-refractivity contribution is 5.72. The first-order valence-corrected chi connectivity index (χ1v) is 10.4. The third-order valence-corrected chi connectivity index (χ3v) is 8.89. The van der Waals surface area contributed by atoms with Crippen LogP contribution in [0.1, 0.15) is 64.4 Å². The molecule has 2 nitrogen and oxygen atoms in total. The number of hydrogen-bond donors (Lipinski definition) is 1. The van der Waals surface area contributed by atoms with E-state index in [2.05, 4.69) is 24.9 Å². The normalized spacial score (nSPS) is 47.1. The molecule has 0 radical (unpaired) electrons. The molecule has 3 heteroatoms. The number of pyridine rings is 1. The average Bonchev–Trinajstić information content (AvgIpc) is 3.10. The molecule has 3 fully saturated rings. The van der Waals surface area contributed by atoms with E-state index in [0.29, 0.717) is 17.3 Å². The van der Waals surface area contributed by atoms with Crippen molar-refractivity contribution in [3.63, 3.8) is 0 Å². The molecule has 1 N–H and O–H groups in total. The SMILES string of the molecule is CC12CCC3C(CCC4CC(O)CC43C)C1CC=C2c1cncc(F)c1. The minimum absolute atomic E-state index is 0.0901. The van der Waals surface area contributed by atoms with Crippen molar-refractivity contribution in [1.29, 1.82) is 0 Å². The highest BCUT2D eigenvalue weighted by atomic mass is 19.1. The number of hydrogen-bond acceptors (Lipinski definition) is 2. The third-order valence-electron chi connectivity index (χ3n) is 8.89. The molecule has 1 aromatic rings. The van der Waals surface area contributed by atoms with E-state index in [1.54, 1.807) is 6.07 Å². The summed E-state index contributed by atoms with van der Waals surface area (Å²) in [6.45, 7) is 4.88. The first-order chi connectivity index (χ1) is 12.4. The summed E-state index contributed by atoms with van der Waals surface area (Å²) in [5.41, 5.74) is 2.78. The van der Waals surface area contributed by atoms with Crippen LogP contribution >= 0.6 is 0 Å². The lowest BCUT2D eigenvalue weighted by molar-refractivity contribution is -0.0657. The Morgan fingerprint density at radius 1 is 1.15 bits per heavy atom. The van der Waals surface area contributed by atoms with Gasteiger partial charge in [-0.15, -0.1) is 0 Å². The van der Waals surface area contributed by atoms with Crippen LogP contribution in [0.15, 0.2) is 24.5 Å². The molecule has 5 rings (SSSR count). The summed E-state index contributed by atoms with van der Waals surface area (Å²) < 4.78 is 13.8. The standard InChI is InChI=1S/C23H30FNO/c1-22-8-7-21-18(4-3-15-10-17(26)11-23(15,21)2)20(22)6-5-19(22)14-9-16(24)13-25-12-14/h5,9,12-13,15,17-18,20-21,26H,3-4,6-8,10-11H2,1-2H3. The molecule has 4 aliphatic carbocycles. The molecule has 140 valence electrons. The fraction of sp³-hybridized carbons (Fsp3) is 0.696. The molecule has 26 heavy (non-hydrogen) atoms. The van der Waals surface area contributed by atoms with Crippen molar-refractivity contribution in [2.45, 2.75) is 64.9 Å². The smallest absolute Gasteiger partial charge is 0.142 e. The maximum absolute atomic E-state index is 13.8. The van der Waals surface area contributed by atoms with E-state index in [-0.39, 0.29) is 17.3 Å². The molecule has 7 atom stereocenters. The van der Waals surface area contributed by atoms with Crippen LogP contribution < -0.4 is 0 Å². The number of halogens is 1. The first-order valence-electron chi connectivity index (χ1n) is 10.4. The van der Waals surface area contributed by atoms with Gasteiger partial charge in [0.15, 0.2) is 0 Å². The minimum Gasteiger partial charge on any atom is -0.393 e. The van der Waals surface area contributed by atoms with Crippen molar-refractivity contribution in [1.82, 2.24) is 4.98 Å². The summed E-state index contributed by atoms with van der Waals surface area (Å²) >= 11 is 0. The van der Waals surface area contributed by atoms with Gasteiger partial charge in [-0.1, -0.05) is 19.9 Å². The third kappa shape index (κ3) is 2.22. The highest BCUT2D eigenvalue weighted by Crippen LogP contribution is 2.68. The zero-order valence-corrected chi connectivity index (χ0v) is 15.9. The molecule has 1 heterocycles. The molecule has 0 saturated heterocycles. The van der Waals surface area contributed by atoms with Crippen LogP contribution in [0.2, 0.25) is 0 Å². The molecule has 0 aromatic carbocycles. The number of allylic oxidation sites excluding steroid dienone is 2. The number of fused-ring (bicyclic) bond motifs is 5. The Morgan fingerprint density at radius 3 is 2.81 bits per heavy atom. The topological polar surface area (TPSA) is 33.1 Å². The van der Waals surface area contributed by atoms with Crippen LogP contribution in [-0.2, 0) is 0 Å².